The predicted molar refractivity (Wildman–Crippen MR) is 233 cm³/mol. The fourth-order valence-electron chi connectivity index (χ4n) is 7.08. The number of hydrogen-bond donors (Lipinski definition) is 0. The Kier molecular flexibility index (Phi) is 43.4. The molecule has 55 heavy (non-hydrogen) atoms. The minimum absolute atomic E-state index is 0.0688. The van der Waals surface area contributed by atoms with Crippen molar-refractivity contribution in [2.24, 2.45) is 0 Å². The van der Waals surface area contributed by atoms with Gasteiger partial charge >= 0.3 is 17.9 Å². The summed E-state index contributed by atoms with van der Waals surface area (Å²) in [5.41, 5.74) is 0. The van der Waals surface area contributed by atoms with Gasteiger partial charge in [0.2, 0.25) is 0 Å². The first-order chi connectivity index (χ1) is 27.0. The third-order valence-corrected chi connectivity index (χ3v) is 10.8. The zero-order chi connectivity index (χ0) is 40.1. The maximum absolute atomic E-state index is 12.7. The highest BCUT2D eigenvalue weighted by molar-refractivity contribution is 5.71. The highest BCUT2D eigenvalue weighted by Gasteiger charge is 2.19. The van der Waals surface area contributed by atoms with Crippen LogP contribution in [0.3, 0.4) is 0 Å². The molecule has 0 saturated heterocycles. The van der Waals surface area contributed by atoms with Crippen molar-refractivity contribution in [3.05, 3.63) is 12.2 Å². The predicted octanol–water partition coefficient (Wildman–Crippen LogP) is 15.4. The molecule has 0 bridgehead atoms. The Balaban J connectivity index is 4.16. The van der Waals surface area contributed by atoms with Crippen molar-refractivity contribution in [1.29, 1.82) is 0 Å². The second-order valence-corrected chi connectivity index (χ2v) is 16.4. The van der Waals surface area contributed by atoms with E-state index in [1.807, 2.05) is 0 Å². The number of rotatable bonds is 44. The van der Waals surface area contributed by atoms with Crippen LogP contribution in [0.5, 0.6) is 0 Å². The Hall–Kier alpha value is -1.85. The quantitative estimate of drug-likeness (QED) is 0.0265. The van der Waals surface area contributed by atoms with E-state index in [2.05, 4.69) is 32.9 Å². The van der Waals surface area contributed by atoms with Crippen molar-refractivity contribution in [2.45, 2.75) is 271 Å². The second kappa shape index (κ2) is 44.9. The van der Waals surface area contributed by atoms with Gasteiger partial charge in [-0.2, -0.15) is 0 Å². The summed E-state index contributed by atoms with van der Waals surface area (Å²) in [6.07, 6.45) is 48.0. The van der Waals surface area contributed by atoms with Crippen LogP contribution in [0.15, 0.2) is 12.2 Å². The topological polar surface area (TPSA) is 78.9 Å². The molecule has 0 aliphatic rings. The molecular formula is C49H92O6. The molecule has 0 radical (unpaired) electrons. The lowest BCUT2D eigenvalue weighted by molar-refractivity contribution is -0.167. The first-order valence-electron chi connectivity index (χ1n) is 24.2. The zero-order valence-electron chi connectivity index (χ0n) is 37.0. The van der Waals surface area contributed by atoms with E-state index in [0.29, 0.717) is 19.3 Å². The Bertz CT molecular complexity index is 854. The molecule has 0 rings (SSSR count). The number of esters is 3. The normalized spacial score (nSPS) is 12.0. The molecule has 1 atom stereocenters. The minimum atomic E-state index is -0.762. The summed E-state index contributed by atoms with van der Waals surface area (Å²) in [4.78, 5) is 37.5. The number of allylic oxidation sites excluding steroid dienone is 2. The number of carbonyl (C=O) groups excluding carboxylic acids is 3. The van der Waals surface area contributed by atoms with Crippen molar-refractivity contribution < 1.29 is 28.6 Å². The van der Waals surface area contributed by atoms with Crippen LogP contribution in [0, 0.1) is 0 Å². The van der Waals surface area contributed by atoms with E-state index < -0.39 is 6.10 Å². The van der Waals surface area contributed by atoms with E-state index >= 15 is 0 Å². The van der Waals surface area contributed by atoms with Crippen molar-refractivity contribution in [3.63, 3.8) is 0 Å². The molecule has 6 nitrogen and oxygen atoms in total. The SMILES string of the molecule is CCCCCCCC/C=C\CCCCCCCCCC(=O)OCC(COC(=O)CCCCCCC)OC(=O)CCCCCCCCCCCCCCCCC. The Morgan fingerprint density at radius 1 is 0.345 bits per heavy atom. The van der Waals surface area contributed by atoms with Crippen molar-refractivity contribution in [1.82, 2.24) is 0 Å². The summed E-state index contributed by atoms with van der Waals surface area (Å²) in [7, 11) is 0. The van der Waals surface area contributed by atoms with Crippen LogP contribution < -0.4 is 0 Å². The molecule has 0 aliphatic carbocycles. The van der Waals surface area contributed by atoms with E-state index in [1.165, 1.54) is 161 Å². The molecule has 0 amide bonds. The molecule has 0 aromatic heterocycles. The average Bonchev–Trinajstić information content (AvgIpc) is 3.18. The third kappa shape index (κ3) is 43.1. The van der Waals surface area contributed by atoms with Crippen LogP contribution in [0.4, 0.5) is 0 Å². The standard InChI is InChI=1S/C49H92O6/c1-4-7-10-13-15-17-19-21-23-24-26-27-29-31-33-36-39-42-48(51)54-45-46(44-53-47(50)41-38-35-12-9-6-3)55-49(52)43-40-37-34-32-30-28-25-22-20-18-16-14-11-8-5-2/h21,23,46H,4-20,22,24-45H2,1-3H3/b23-21-. The Morgan fingerprint density at radius 3 is 0.909 bits per heavy atom. The number of ether oxygens (including phenoxy) is 3. The molecule has 0 spiro atoms. The summed E-state index contributed by atoms with van der Waals surface area (Å²) >= 11 is 0. The van der Waals surface area contributed by atoms with Crippen LogP contribution >= 0.6 is 0 Å². The molecular weight excluding hydrogens is 685 g/mol. The molecule has 0 N–H and O–H groups in total. The fourth-order valence-corrected chi connectivity index (χ4v) is 7.08. The average molecular weight is 777 g/mol. The Morgan fingerprint density at radius 2 is 0.600 bits per heavy atom. The Labute approximate surface area is 341 Å². The third-order valence-electron chi connectivity index (χ3n) is 10.8. The number of carbonyl (C=O) groups is 3. The molecule has 0 saturated carbocycles. The van der Waals surface area contributed by atoms with Crippen molar-refractivity contribution in [3.8, 4) is 0 Å². The molecule has 0 fully saturated rings. The largest absolute Gasteiger partial charge is 0.462 e. The van der Waals surface area contributed by atoms with Gasteiger partial charge in [0.25, 0.3) is 0 Å². The lowest BCUT2D eigenvalue weighted by Crippen LogP contribution is -2.30. The zero-order valence-corrected chi connectivity index (χ0v) is 37.0. The van der Waals surface area contributed by atoms with E-state index in [4.69, 9.17) is 14.2 Å². The maximum atomic E-state index is 12.7. The molecule has 0 aromatic carbocycles. The molecule has 0 heterocycles. The van der Waals surface area contributed by atoms with Gasteiger partial charge in [-0.3, -0.25) is 14.4 Å². The fraction of sp³-hybridized carbons (Fsp3) is 0.898. The monoisotopic (exact) mass is 777 g/mol. The van der Waals surface area contributed by atoms with Crippen LogP contribution in [0.2, 0.25) is 0 Å². The highest BCUT2D eigenvalue weighted by Crippen LogP contribution is 2.16. The summed E-state index contributed by atoms with van der Waals surface area (Å²) < 4.78 is 16.6. The van der Waals surface area contributed by atoms with Gasteiger partial charge in [-0.05, 0) is 44.9 Å². The van der Waals surface area contributed by atoms with E-state index in [9.17, 15) is 14.4 Å². The summed E-state index contributed by atoms with van der Waals surface area (Å²) in [6.45, 7) is 6.57. The van der Waals surface area contributed by atoms with Crippen molar-refractivity contribution >= 4 is 17.9 Å². The second-order valence-electron chi connectivity index (χ2n) is 16.4. The van der Waals surface area contributed by atoms with Crippen LogP contribution in [-0.4, -0.2) is 37.2 Å². The molecule has 0 aliphatic heterocycles. The number of hydrogen-bond acceptors (Lipinski definition) is 6. The lowest BCUT2D eigenvalue weighted by atomic mass is 10.0. The van der Waals surface area contributed by atoms with E-state index in [-0.39, 0.29) is 31.1 Å². The molecule has 6 heteroatoms. The number of unbranched alkanes of at least 4 members (excludes halogenated alkanes) is 31. The minimum Gasteiger partial charge on any atom is -0.462 e. The van der Waals surface area contributed by atoms with Gasteiger partial charge in [0.05, 0.1) is 0 Å². The van der Waals surface area contributed by atoms with Crippen LogP contribution in [-0.2, 0) is 28.6 Å². The molecule has 0 aromatic rings. The lowest BCUT2D eigenvalue weighted by Gasteiger charge is -2.18. The smallest absolute Gasteiger partial charge is 0.306 e. The summed E-state index contributed by atoms with van der Waals surface area (Å²) in [6, 6.07) is 0. The van der Waals surface area contributed by atoms with Gasteiger partial charge in [0, 0.05) is 19.3 Å². The van der Waals surface area contributed by atoms with Crippen LogP contribution in [0.1, 0.15) is 265 Å². The van der Waals surface area contributed by atoms with Gasteiger partial charge in [-0.25, -0.2) is 0 Å². The molecule has 1 unspecified atom stereocenters. The van der Waals surface area contributed by atoms with E-state index in [1.54, 1.807) is 0 Å². The van der Waals surface area contributed by atoms with E-state index in [0.717, 1.165) is 64.2 Å². The van der Waals surface area contributed by atoms with Crippen LogP contribution in [0.25, 0.3) is 0 Å². The summed E-state index contributed by atoms with van der Waals surface area (Å²) in [5.74, 6) is -0.875. The maximum Gasteiger partial charge on any atom is 0.306 e. The van der Waals surface area contributed by atoms with Gasteiger partial charge in [0.1, 0.15) is 13.2 Å². The summed E-state index contributed by atoms with van der Waals surface area (Å²) in [5, 5.41) is 0. The van der Waals surface area contributed by atoms with Gasteiger partial charge in [0.15, 0.2) is 6.10 Å². The highest BCUT2D eigenvalue weighted by atomic mass is 16.6. The first kappa shape index (κ1) is 53.1. The first-order valence-corrected chi connectivity index (χ1v) is 24.2. The van der Waals surface area contributed by atoms with Gasteiger partial charge < -0.3 is 14.2 Å². The molecule has 324 valence electrons. The van der Waals surface area contributed by atoms with Gasteiger partial charge in [-0.15, -0.1) is 0 Å². The van der Waals surface area contributed by atoms with Crippen molar-refractivity contribution in [2.75, 3.05) is 13.2 Å². The van der Waals surface area contributed by atoms with Gasteiger partial charge in [-0.1, -0.05) is 213 Å².